The molecule has 0 aliphatic rings. The van der Waals surface area contributed by atoms with Crippen LogP contribution in [0.4, 0.5) is 11.4 Å². The zero-order valence-electron chi connectivity index (χ0n) is 17.4. The lowest BCUT2D eigenvalue weighted by molar-refractivity contribution is -0.384. The number of nitrogens with one attached hydrogen (secondary N) is 2. The first-order chi connectivity index (χ1) is 15.8. The van der Waals surface area contributed by atoms with Crippen LogP contribution < -0.4 is 15.5 Å². The van der Waals surface area contributed by atoms with Gasteiger partial charge in [0.05, 0.1) is 23.2 Å². The van der Waals surface area contributed by atoms with Gasteiger partial charge in [-0.3, -0.25) is 14.9 Å². The van der Waals surface area contributed by atoms with Crippen LogP contribution in [0.15, 0.2) is 76.3 Å². The quantitative estimate of drug-likeness (QED) is 0.152. The third-order valence-corrected chi connectivity index (χ3v) is 4.88. The van der Waals surface area contributed by atoms with Gasteiger partial charge in [-0.05, 0) is 49.4 Å². The Balaban J connectivity index is 1.62. The molecular formula is C23H19BrN4O5. The van der Waals surface area contributed by atoms with Crippen molar-refractivity contribution in [1.29, 1.82) is 0 Å². The van der Waals surface area contributed by atoms with Crippen molar-refractivity contribution >= 4 is 45.4 Å². The third kappa shape index (κ3) is 6.97. The number of amides is 1. The average Bonchev–Trinajstić information content (AvgIpc) is 2.80. The maximum Gasteiger partial charge on any atom is 0.343 e. The predicted octanol–water partition coefficient (Wildman–Crippen LogP) is 4.45. The minimum atomic E-state index is -0.687. The number of hydrazone groups is 1. The summed E-state index contributed by atoms with van der Waals surface area (Å²) in [6.45, 7) is 2.01. The van der Waals surface area contributed by atoms with Crippen LogP contribution in [-0.4, -0.2) is 29.6 Å². The number of esters is 1. The lowest BCUT2D eigenvalue weighted by Crippen LogP contribution is -2.25. The number of non-ortho nitro benzene ring substituents is 1. The SMILES string of the molecule is Cc1ccc(NCC(=O)NN=Cc2cc(Br)ccc2OC(=O)c2ccc([N+](=O)[O-])cc2)cc1. The highest BCUT2D eigenvalue weighted by Gasteiger charge is 2.14. The molecule has 3 rings (SSSR count). The van der Waals surface area contributed by atoms with Gasteiger partial charge in [0.2, 0.25) is 0 Å². The summed E-state index contributed by atoms with van der Waals surface area (Å²) in [4.78, 5) is 34.7. The van der Waals surface area contributed by atoms with E-state index in [-0.39, 0.29) is 29.5 Å². The van der Waals surface area contributed by atoms with Gasteiger partial charge < -0.3 is 10.1 Å². The highest BCUT2D eigenvalue weighted by Crippen LogP contribution is 2.23. The molecule has 0 heterocycles. The molecule has 0 bridgehead atoms. The molecule has 0 aliphatic carbocycles. The molecular weight excluding hydrogens is 492 g/mol. The molecule has 0 saturated heterocycles. The number of hydrogen-bond acceptors (Lipinski definition) is 7. The molecule has 33 heavy (non-hydrogen) atoms. The Morgan fingerprint density at radius 1 is 1.09 bits per heavy atom. The normalized spacial score (nSPS) is 10.6. The van der Waals surface area contributed by atoms with E-state index in [2.05, 4.69) is 31.8 Å². The topological polar surface area (TPSA) is 123 Å². The second-order valence-corrected chi connectivity index (χ2v) is 7.80. The van der Waals surface area contributed by atoms with E-state index >= 15 is 0 Å². The zero-order chi connectivity index (χ0) is 23.8. The fourth-order valence-electron chi connectivity index (χ4n) is 2.66. The van der Waals surface area contributed by atoms with Crippen molar-refractivity contribution in [1.82, 2.24) is 5.43 Å². The van der Waals surface area contributed by atoms with E-state index in [1.54, 1.807) is 18.2 Å². The van der Waals surface area contributed by atoms with Gasteiger partial charge in [0.1, 0.15) is 5.75 Å². The summed E-state index contributed by atoms with van der Waals surface area (Å²) in [6, 6.07) is 17.6. The number of carbonyl (C=O) groups excluding carboxylic acids is 2. The van der Waals surface area contributed by atoms with Gasteiger partial charge in [-0.25, -0.2) is 10.2 Å². The van der Waals surface area contributed by atoms with Gasteiger partial charge in [-0.15, -0.1) is 0 Å². The Hall–Kier alpha value is -4.05. The van der Waals surface area contributed by atoms with Crippen molar-refractivity contribution in [2.24, 2.45) is 5.10 Å². The number of carbonyl (C=O) groups is 2. The molecule has 0 unspecified atom stereocenters. The van der Waals surface area contributed by atoms with E-state index in [4.69, 9.17) is 4.74 Å². The van der Waals surface area contributed by atoms with Crippen LogP contribution in [0.2, 0.25) is 0 Å². The fraction of sp³-hybridized carbons (Fsp3) is 0.0870. The Morgan fingerprint density at radius 3 is 2.45 bits per heavy atom. The molecule has 0 saturated carbocycles. The first kappa shape index (κ1) is 23.6. The zero-order valence-corrected chi connectivity index (χ0v) is 19.0. The molecule has 3 aromatic carbocycles. The summed E-state index contributed by atoms with van der Waals surface area (Å²) in [6.07, 6.45) is 1.35. The van der Waals surface area contributed by atoms with Crippen molar-refractivity contribution in [3.05, 3.63) is 98.0 Å². The second kappa shape index (κ2) is 11.0. The van der Waals surface area contributed by atoms with E-state index in [1.807, 2.05) is 31.2 Å². The van der Waals surface area contributed by atoms with Gasteiger partial charge in [0.25, 0.3) is 11.6 Å². The first-order valence-corrected chi connectivity index (χ1v) is 10.5. The number of nitro benzene ring substituents is 1. The molecule has 1 amide bonds. The minimum absolute atomic E-state index is 0.0286. The van der Waals surface area contributed by atoms with Crippen LogP contribution in [0, 0.1) is 17.0 Å². The van der Waals surface area contributed by atoms with Crippen molar-refractivity contribution in [2.45, 2.75) is 6.92 Å². The van der Waals surface area contributed by atoms with Crippen LogP contribution in [0.1, 0.15) is 21.5 Å². The molecule has 9 nitrogen and oxygen atoms in total. The van der Waals surface area contributed by atoms with E-state index in [0.29, 0.717) is 10.0 Å². The molecule has 0 aromatic heterocycles. The third-order valence-electron chi connectivity index (χ3n) is 4.39. The molecule has 0 atom stereocenters. The molecule has 10 heteroatoms. The van der Waals surface area contributed by atoms with Gasteiger partial charge in [0.15, 0.2) is 0 Å². The lowest BCUT2D eigenvalue weighted by Gasteiger charge is -2.08. The summed E-state index contributed by atoms with van der Waals surface area (Å²) in [5, 5.41) is 17.7. The van der Waals surface area contributed by atoms with Crippen molar-refractivity contribution < 1.29 is 19.2 Å². The number of nitro groups is 1. The molecule has 0 radical (unpaired) electrons. The summed E-state index contributed by atoms with van der Waals surface area (Å²) < 4.78 is 6.13. The van der Waals surface area contributed by atoms with Crippen molar-refractivity contribution in [2.75, 3.05) is 11.9 Å². The summed E-state index contributed by atoms with van der Waals surface area (Å²) in [5.74, 6) is -0.836. The number of benzene rings is 3. The number of hydrogen-bond donors (Lipinski definition) is 2. The smallest absolute Gasteiger partial charge is 0.343 e. The van der Waals surface area contributed by atoms with Crippen molar-refractivity contribution in [3.63, 3.8) is 0 Å². The summed E-state index contributed by atoms with van der Waals surface area (Å²) >= 11 is 3.34. The maximum atomic E-state index is 12.4. The minimum Gasteiger partial charge on any atom is -0.422 e. The Kier molecular flexibility index (Phi) is 7.87. The second-order valence-electron chi connectivity index (χ2n) is 6.89. The first-order valence-electron chi connectivity index (χ1n) is 9.70. The standard InChI is InChI=1S/C23H19BrN4O5/c1-15-2-7-19(8-3-15)25-14-22(29)27-26-13-17-12-18(24)6-11-21(17)33-23(30)16-4-9-20(10-5-16)28(31)32/h2-13,25H,14H2,1H3,(H,27,29). The van der Waals surface area contributed by atoms with Gasteiger partial charge in [-0.1, -0.05) is 33.6 Å². The summed E-state index contributed by atoms with van der Waals surface area (Å²) in [7, 11) is 0. The van der Waals surface area contributed by atoms with E-state index < -0.39 is 10.9 Å². The summed E-state index contributed by atoms with van der Waals surface area (Å²) in [5.41, 5.74) is 4.80. The monoisotopic (exact) mass is 510 g/mol. The molecule has 0 aliphatic heterocycles. The largest absolute Gasteiger partial charge is 0.422 e. The van der Waals surface area contributed by atoms with Crippen LogP contribution in [-0.2, 0) is 4.79 Å². The van der Waals surface area contributed by atoms with Crippen LogP contribution in [0.25, 0.3) is 0 Å². The van der Waals surface area contributed by atoms with Gasteiger partial charge >= 0.3 is 5.97 Å². The molecule has 2 N–H and O–H groups in total. The highest BCUT2D eigenvalue weighted by molar-refractivity contribution is 9.10. The van der Waals surface area contributed by atoms with Gasteiger partial charge in [-0.2, -0.15) is 5.10 Å². The van der Waals surface area contributed by atoms with Crippen LogP contribution in [0.3, 0.4) is 0 Å². The maximum absolute atomic E-state index is 12.4. The Bertz CT molecular complexity index is 1190. The Morgan fingerprint density at radius 2 is 1.79 bits per heavy atom. The molecule has 0 spiro atoms. The lowest BCUT2D eigenvalue weighted by atomic mass is 10.2. The van der Waals surface area contributed by atoms with Crippen molar-refractivity contribution in [3.8, 4) is 5.75 Å². The number of halogens is 1. The van der Waals surface area contributed by atoms with E-state index in [9.17, 15) is 19.7 Å². The highest BCUT2D eigenvalue weighted by atomic mass is 79.9. The average molecular weight is 511 g/mol. The predicted molar refractivity (Wildman–Crippen MR) is 128 cm³/mol. The molecule has 3 aromatic rings. The van der Waals surface area contributed by atoms with E-state index in [0.717, 1.165) is 11.3 Å². The number of anilines is 1. The number of rotatable bonds is 8. The van der Waals surface area contributed by atoms with Crippen LogP contribution in [0.5, 0.6) is 5.75 Å². The number of aryl methyl sites for hydroxylation is 1. The van der Waals surface area contributed by atoms with Crippen LogP contribution >= 0.6 is 15.9 Å². The van der Waals surface area contributed by atoms with E-state index in [1.165, 1.54) is 30.5 Å². The molecule has 0 fully saturated rings. The number of nitrogens with zero attached hydrogens (tertiary/aromatic N) is 2. The Labute approximate surface area is 197 Å². The van der Waals surface area contributed by atoms with Gasteiger partial charge in [0, 0.05) is 27.9 Å². The fourth-order valence-corrected chi connectivity index (χ4v) is 3.04. The molecule has 168 valence electrons. The number of ether oxygens (including phenoxy) is 1.